The summed E-state index contributed by atoms with van der Waals surface area (Å²) in [5.74, 6) is 0.555. The molecule has 6 nitrogen and oxygen atoms in total. The average Bonchev–Trinajstić information content (AvgIpc) is 2.97. The van der Waals surface area contributed by atoms with Crippen molar-refractivity contribution >= 4 is 11.6 Å². The number of phenols is 1. The Morgan fingerprint density at radius 1 is 1.28 bits per heavy atom. The van der Waals surface area contributed by atoms with Crippen LogP contribution in [0.5, 0.6) is 11.5 Å². The number of hydrogen-bond donors (Lipinski definition) is 2. The molecule has 1 aliphatic heterocycles. The number of fused-ring (bicyclic) bond motifs is 1. The van der Waals surface area contributed by atoms with E-state index in [1.165, 1.54) is 0 Å². The summed E-state index contributed by atoms with van der Waals surface area (Å²) in [6, 6.07) is 7.30. The monoisotopic (exact) mass is 395 g/mol. The maximum absolute atomic E-state index is 13.1. The van der Waals surface area contributed by atoms with Gasteiger partial charge in [-0.3, -0.25) is 10.2 Å². The summed E-state index contributed by atoms with van der Waals surface area (Å²) < 4.78 is 5.56. The van der Waals surface area contributed by atoms with Gasteiger partial charge in [0.2, 0.25) is 0 Å². The third-order valence-electron chi connectivity index (χ3n) is 5.14. The number of Topliss-reactive ketones (excluding diaryl/α,β-unsaturated/α-hetero) is 1. The number of ether oxygens (including phenoxy) is 1. The molecule has 1 aromatic heterocycles. The van der Waals surface area contributed by atoms with Crippen molar-refractivity contribution in [1.29, 1.82) is 5.41 Å². The number of nitrogens with zero attached hydrogens (tertiary/aromatic N) is 2. The summed E-state index contributed by atoms with van der Waals surface area (Å²) in [6.07, 6.45) is 0.808. The molecule has 0 bridgehead atoms. The number of ketones is 1. The molecule has 0 saturated carbocycles. The van der Waals surface area contributed by atoms with Crippen molar-refractivity contribution in [2.45, 2.75) is 53.0 Å². The fraction of sp³-hybridized carbons (Fsp3) is 0.435. The van der Waals surface area contributed by atoms with Gasteiger partial charge < -0.3 is 14.7 Å². The molecule has 2 aromatic rings. The van der Waals surface area contributed by atoms with Crippen LogP contribution in [0.4, 0.5) is 0 Å². The SMILES string of the molecule is CCOc1cc(C(=O)CN2Cc3ccc(CC)nc3C2=N)cc(C(C)(C)C)c1O. The van der Waals surface area contributed by atoms with E-state index in [4.69, 9.17) is 10.1 Å². The molecule has 29 heavy (non-hydrogen) atoms. The fourth-order valence-electron chi connectivity index (χ4n) is 3.50. The summed E-state index contributed by atoms with van der Waals surface area (Å²) in [5, 5.41) is 19.0. The lowest BCUT2D eigenvalue weighted by Gasteiger charge is -2.23. The first kappa shape index (κ1) is 20.8. The van der Waals surface area contributed by atoms with Gasteiger partial charge in [0.1, 0.15) is 11.5 Å². The molecule has 0 amide bonds. The molecule has 3 rings (SSSR count). The van der Waals surface area contributed by atoms with Crippen LogP contribution in [0, 0.1) is 5.41 Å². The smallest absolute Gasteiger partial charge is 0.182 e. The maximum Gasteiger partial charge on any atom is 0.182 e. The lowest BCUT2D eigenvalue weighted by atomic mass is 9.84. The van der Waals surface area contributed by atoms with Gasteiger partial charge in [0, 0.05) is 28.9 Å². The van der Waals surface area contributed by atoms with Gasteiger partial charge in [-0.15, -0.1) is 0 Å². The lowest BCUT2D eigenvalue weighted by molar-refractivity contribution is 0.0962. The second-order valence-electron chi connectivity index (χ2n) is 8.35. The van der Waals surface area contributed by atoms with Crippen LogP contribution in [0.3, 0.4) is 0 Å². The zero-order chi connectivity index (χ0) is 21.3. The van der Waals surface area contributed by atoms with Crippen LogP contribution in [0.1, 0.15) is 67.5 Å². The summed E-state index contributed by atoms with van der Waals surface area (Å²) >= 11 is 0. The molecular weight excluding hydrogens is 366 g/mol. The third kappa shape index (κ3) is 4.11. The van der Waals surface area contributed by atoms with Crippen LogP contribution in [0.2, 0.25) is 0 Å². The van der Waals surface area contributed by atoms with Gasteiger partial charge in [0.25, 0.3) is 0 Å². The van der Waals surface area contributed by atoms with Crippen molar-refractivity contribution in [1.82, 2.24) is 9.88 Å². The van der Waals surface area contributed by atoms with Gasteiger partial charge in [-0.25, -0.2) is 4.98 Å². The van der Waals surface area contributed by atoms with Crippen LogP contribution in [0.15, 0.2) is 24.3 Å². The van der Waals surface area contributed by atoms with Crippen LogP contribution in [-0.2, 0) is 18.4 Å². The zero-order valence-electron chi connectivity index (χ0n) is 17.8. The number of carbonyl (C=O) groups is 1. The molecule has 0 unspecified atom stereocenters. The van der Waals surface area contributed by atoms with E-state index < -0.39 is 0 Å². The molecular formula is C23H29N3O3. The molecule has 0 saturated heterocycles. The van der Waals surface area contributed by atoms with E-state index in [9.17, 15) is 9.90 Å². The van der Waals surface area contributed by atoms with Crippen molar-refractivity contribution in [3.8, 4) is 11.5 Å². The predicted octanol–water partition coefficient (Wildman–Crippen LogP) is 4.07. The van der Waals surface area contributed by atoms with Crippen molar-refractivity contribution < 1.29 is 14.6 Å². The summed E-state index contributed by atoms with van der Waals surface area (Å²) in [5.41, 5.74) is 3.37. The van der Waals surface area contributed by atoms with E-state index in [0.717, 1.165) is 17.7 Å². The molecule has 2 heterocycles. The number of amidine groups is 1. The Bertz CT molecular complexity index is 961. The number of nitrogens with one attached hydrogen (secondary N) is 1. The summed E-state index contributed by atoms with van der Waals surface area (Å²) in [7, 11) is 0. The molecule has 0 atom stereocenters. The number of aryl methyl sites for hydroxylation is 1. The highest BCUT2D eigenvalue weighted by Crippen LogP contribution is 2.39. The highest BCUT2D eigenvalue weighted by molar-refractivity contribution is 6.04. The first-order valence-electron chi connectivity index (χ1n) is 10.0. The Labute approximate surface area is 172 Å². The van der Waals surface area contributed by atoms with Gasteiger partial charge in [0.15, 0.2) is 17.3 Å². The Morgan fingerprint density at radius 2 is 2.00 bits per heavy atom. The Morgan fingerprint density at radius 3 is 2.62 bits per heavy atom. The topological polar surface area (TPSA) is 86.5 Å². The van der Waals surface area contributed by atoms with Crippen LogP contribution < -0.4 is 4.74 Å². The maximum atomic E-state index is 13.1. The van der Waals surface area contributed by atoms with Crippen molar-refractivity contribution in [2.24, 2.45) is 0 Å². The summed E-state index contributed by atoms with van der Waals surface area (Å²) in [4.78, 5) is 19.4. The molecule has 6 heteroatoms. The van der Waals surface area contributed by atoms with Gasteiger partial charge in [-0.2, -0.15) is 0 Å². The zero-order valence-corrected chi connectivity index (χ0v) is 17.8. The van der Waals surface area contributed by atoms with Gasteiger partial charge in [-0.1, -0.05) is 33.8 Å². The Hall–Kier alpha value is -2.89. The van der Waals surface area contributed by atoms with Gasteiger partial charge in [0.05, 0.1) is 13.2 Å². The Balaban J connectivity index is 1.88. The minimum atomic E-state index is -0.344. The molecule has 0 aliphatic carbocycles. The van der Waals surface area contributed by atoms with E-state index in [1.54, 1.807) is 17.0 Å². The molecule has 0 fully saturated rings. The molecule has 154 valence electrons. The van der Waals surface area contributed by atoms with Crippen molar-refractivity contribution in [3.63, 3.8) is 0 Å². The van der Waals surface area contributed by atoms with E-state index >= 15 is 0 Å². The average molecular weight is 396 g/mol. The first-order chi connectivity index (χ1) is 13.7. The standard InChI is InChI=1S/C23H29N3O3/c1-6-16-9-8-14-12-26(22(24)20(14)25-16)13-18(27)15-10-17(23(3,4)5)21(28)19(11-15)29-7-2/h8-11,24,28H,6-7,12-13H2,1-5H3. The van der Waals surface area contributed by atoms with E-state index in [0.29, 0.717) is 35.7 Å². The largest absolute Gasteiger partial charge is 0.504 e. The molecule has 0 spiro atoms. The molecule has 1 aliphatic rings. The number of hydrogen-bond acceptors (Lipinski definition) is 5. The highest BCUT2D eigenvalue weighted by atomic mass is 16.5. The number of benzene rings is 1. The van der Waals surface area contributed by atoms with E-state index in [-0.39, 0.29) is 29.3 Å². The Kier molecular flexibility index (Phi) is 5.64. The molecule has 1 aromatic carbocycles. The van der Waals surface area contributed by atoms with Gasteiger partial charge in [-0.05, 0) is 37.0 Å². The van der Waals surface area contributed by atoms with Crippen molar-refractivity contribution in [3.05, 3.63) is 52.3 Å². The number of phenolic OH excluding ortho intramolecular Hbond substituents is 1. The minimum absolute atomic E-state index is 0.0773. The predicted molar refractivity (Wildman–Crippen MR) is 113 cm³/mol. The number of carbonyl (C=O) groups excluding carboxylic acids is 1. The normalized spacial score (nSPS) is 13.6. The fourth-order valence-corrected chi connectivity index (χ4v) is 3.50. The third-order valence-corrected chi connectivity index (χ3v) is 5.14. The minimum Gasteiger partial charge on any atom is -0.504 e. The second kappa shape index (κ2) is 7.85. The van der Waals surface area contributed by atoms with E-state index in [1.807, 2.05) is 46.8 Å². The number of rotatable bonds is 6. The molecule has 2 N–H and O–H groups in total. The van der Waals surface area contributed by atoms with Gasteiger partial charge >= 0.3 is 0 Å². The first-order valence-corrected chi connectivity index (χ1v) is 10.0. The number of aromatic hydroxyl groups is 1. The number of aromatic nitrogens is 1. The van der Waals surface area contributed by atoms with Crippen LogP contribution in [0.25, 0.3) is 0 Å². The van der Waals surface area contributed by atoms with Crippen LogP contribution >= 0.6 is 0 Å². The lowest BCUT2D eigenvalue weighted by Crippen LogP contribution is -2.30. The van der Waals surface area contributed by atoms with Crippen molar-refractivity contribution in [2.75, 3.05) is 13.2 Å². The van der Waals surface area contributed by atoms with E-state index in [2.05, 4.69) is 4.98 Å². The van der Waals surface area contributed by atoms with Crippen LogP contribution in [-0.4, -0.2) is 39.8 Å². The highest BCUT2D eigenvalue weighted by Gasteiger charge is 2.29. The number of pyridine rings is 1. The summed E-state index contributed by atoms with van der Waals surface area (Å²) in [6.45, 7) is 10.8. The quantitative estimate of drug-likeness (QED) is 0.720. The molecule has 0 radical (unpaired) electrons. The second-order valence-corrected chi connectivity index (χ2v) is 8.35.